The Labute approximate surface area is 93.0 Å². The number of guanidine groups is 1. The topological polar surface area (TPSA) is 89.9 Å². The zero-order chi connectivity index (χ0) is 11.8. The molecule has 0 saturated carbocycles. The van der Waals surface area contributed by atoms with Gasteiger partial charge in [0.25, 0.3) is 0 Å². The predicted molar refractivity (Wildman–Crippen MR) is 61.0 cm³/mol. The van der Waals surface area contributed by atoms with Crippen LogP contribution in [-0.4, -0.2) is 23.5 Å². The molecule has 6 heteroatoms. The van der Waals surface area contributed by atoms with Crippen LogP contribution >= 0.6 is 0 Å². The number of amides is 2. The van der Waals surface area contributed by atoms with Crippen molar-refractivity contribution in [2.24, 2.45) is 0 Å². The molecule has 0 radical (unpaired) electrons. The van der Waals surface area contributed by atoms with Crippen molar-refractivity contribution in [3.05, 3.63) is 24.5 Å². The third-order valence-corrected chi connectivity index (χ3v) is 1.54. The zero-order valence-corrected chi connectivity index (χ0v) is 8.45. The molecular formula is C10H11N5O. The first-order chi connectivity index (χ1) is 7.72. The van der Waals surface area contributed by atoms with E-state index in [1.54, 1.807) is 24.5 Å². The maximum absolute atomic E-state index is 11.3. The van der Waals surface area contributed by atoms with Crippen molar-refractivity contribution in [1.29, 1.82) is 5.41 Å². The first-order valence-corrected chi connectivity index (χ1v) is 4.46. The molecule has 0 atom stereocenters. The Morgan fingerprint density at radius 1 is 1.50 bits per heavy atom. The summed E-state index contributed by atoms with van der Waals surface area (Å²) >= 11 is 0. The number of nitrogens with one attached hydrogen (secondary N) is 4. The fraction of sp³-hybridized carbons (Fsp3) is 0.100. The molecule has 0 fully saturated rings. The van der Waals surface area contributed by atoms with Crippen molar-refractivity contribution >= 4 is 17.7 Å². The van der Waals surface area contributed by atoms with Crippen LogP contribution in [0.3, 0.4) is 0 Å². The normalized spacial score (nSPS) is 8.69. The molecule has 6 nitrogen and oxygen atoms in total. The molecule has 0 aliphatic heterocycles. The largest absolute Gasteiger partial charge is 0.345 e. The van der Waals surface area contributed by atoms with Gasteiger partial charge in [-0.05, 0) is 12.1 Å². The molecule has 0 spiro atoms. The predicted octanol–water partition coefficient (Wildman–Crippen LogP) is 0.361. The van der Waals surface area contributed by atoms with E-state index < -0.39 is 6.03 Å². The molecule has 1 aromatic rings. The molecule has 82 valence electrons. The van der Waals surface area contributed by atoms with E-state index in [0.717, 1.165) is 0 Å². The second kappa shape index (κ2) is 6.03. The summed E-state index contributed by atoms with van der Waals surface area (Å²) in [5.74, 6) is 2.14. The fourth-order valence-corrected chi connectivity index (χ4v) is 0.895. The summed E-state index contributed by atoms with van der Waals surface area (Å²) in [5, 5.41) is 14.6. The Hall–Kier alpha value is -2.55. The van der Waals surface area contributed by atoms with E-state index in [1.807, 2.05) is 0 Å². The van der Waals surface area contributed by atoms with Crippen LogP contribution in [-0.2, 0) is 0 Å². The van der Waals surface area contributed by atoms with E-state index >= 15 is 0 Å². The van der Waals surface area contributed by atoms with E-state index in [4.69, 9.17) is 11.8 Å². The number of hydrogen-bond acceptors (Lipinski definition) is 3. The molecular weight excluding hydrogens is 206 g/mol. The first kappa shape index (κ1) is 11.5. The van der Waals surface area contributed by atoms with Crippen molar-refractivity contribution < 1.29 is 4.79 Å². The third-order valence-electron chi connectivity index (χ3n) is 1.54. The van der Waals surface area contributed by atoms with Crippen molar-refractivity contribution in [3.8, 4) is 12.3 Å². The maximum Gasteiger partial charge on any atom is 0.325 e. The highest BCUT2D eigenvalue weighted by Gasteiger charge is 2.03. The smallest absolute Gasteiger partial charge is 0.325 e. The van der Waals surface area contributed by atoms with Gasteiger partial charge in [0.05, 0.1) is 6.54 Å². The molecule has 4 N–H and O–H groups in total. The van der Waals surface area contributed by atoms with Gasteiger partial charge in [0.15, 0.2) is 5.96 Å². The lowest BCUT2D eigenvalue weighted by Gasteiger charge is -2.08. The van der Waals surface area contributed by atoms with Crippen LogP contribution in [0.1, 0.15) is 0 Å². The Balaban J connectivity index is 2.37. The molecule has 0 aromatic carbocycles. The molecule has 0 unspecified atom stereocenters. The van der Waals surface area contributed by atoms with Gasteiger partial charge in [-0.25, -0.2) is 4.79 Å². The number of rotatable bonds is 2. The Morgan fingerprint density at radius 2 is 2.19 bits per heavy atom. The minimum atomic E-state index is -0.513. The average molecular weight is 217 g/mol. The van der Waals surface area contributed by atoms with Crippen molar-refractivity contribution in [2.75, 3.05) is 11.9 Å². The summed E-state index contributed by atoms with van der Waals surface area (Å²) in [7, 11) is 0. The van der Waals surface area contributed by atoms with Crippen LogP contribution in [0.25, 0.3) is 0 Å². The highest BCUT2D eigenvalue weighted by atomic mass is 16.2. The maximum atomic E-state index is 11.3. The van der Waals surface area contributed by atoms with E-state index in [0.29, 0.717) is 5.69 Å². The molecule has 1 rings (SSSR count). The number of carbonyl (C=O) groups excluding carboxylic acids is 1. The number of anilines is 1. The van der Waals surface area contributed by atoms with E-state index in [9.17, 15) is 4.79 Å². The number of hydrogen-bond donors (Lipinski definition) is 4. The molecule has 0 aliphatic rings. The molecule has 0 saturated heterocycles. The minimum Gasteiger partial charge on any atom is -0.345 e. The molecule has 1 heterocycles. The molecule has 0 aliphatic carbocycles. The van der Waals surface area contributed by atoms with E-state index in [-0.39, 0.29) is 12.5 Å². The lowest BCUT2D eigenvalue weighted by atomic mass is 10.4. The minimum absolute atomic E-state index is 0.149. The number of urea groups is 1. The molecule has 0 bridgehead atoms. The molecule has 16 heavy (non-hydrogen) atoms. The SMILES string of the molecule is C#CCNC(=N)NC(=O)Nc1ccncc1. The van der Waals surface area contributed by atoms with E-state index in [2.05, 4.69) is 26.9 Å². The Morgan fingerprint density at radius 3 is 2.81 bits per heavy atom. The summed E-state index contributed by atoms with van der Waals surface area (Å²) in [6, 6.07) is 2.76. The number of aromatic nitrogens is 1. The average Bonchev–Trinajstić information content (AvgIpc) is 2.27. The van der Waals surface area contributed by atoms with Crippen LogP contribution in [0.15, 0.2) is 24.5 Å². The van der Waals surface area contributed by atoms with Crippen LogP contribution in [0, 0.1) is 17.8 Å². The van der Waals surface area contributed by atoms with Gasteiger partial charge in [0.1, 0.15) is 0 Å². The second-order valence-electron chi connectivity index (χ2n) is 2.75. The molecule has 2 amide bonds. The number of terminal acetylenes is 1. The highest BCUT2D eigenvalue weighted by Crippen LogP contribution is 2.01. The van der Waals surface area contributed by atoms with Crippen LogP contribution in [0.2, 0.25) is 0 Å². The Bertz CT molecular complexity index is 409. The summed E-state index contributed by atoms with van der Waals surface area (Å²) < 4.78 is 0. The van der Waals surface area contributed by atoms with Crippen LogP contribution < -0.4 is 16.0 Å². The standard InChI is InChI=1S/C10H11N5O/c1-2-5-13-9(11)15-10(16)14-8-3-6-12-7-4-8/h1,3-4,6-7H,5H2,(H4,11,12,13,14,15,16). The fourth-order valence-electron chi connectivity index (χ4n) is 0.895. The lowest BCUT2D eigenvalue weighted by Crippen LogP contribution is -2.42. The van der Waals surface area contributed by atoms with Gasteiger partial charge in [-0.1, -0.05) is 5.92 Å². The first-order valence-electron chi connectivity index (χ1n) is 4.46. The number of carbonyl (C=O) groups is 1. The van der Waals surface area contributed by atoms with Crippen molar-refractivity contribution in [2.45, 2.75) is 0 Å². The van der Waals surface area contributed by atoms with Crippen LogP contribution in [0.5, 0.6) is 0 Å². The van der Waals surface area contributed by atoms with Gasteiger partial charge in [-0.3, -0.25) is 15.7 Å². The third kappa shape index (κ3) is 4.11. The number of nitrogens with zero attached hydrogens (tertiary/aromatic N) is 1. The van der Waals surface area contributed by atoms with E-state index in [1.165, 1.54) is 0 Å². The van der Waals surface area contributed by atoms with Gasteiger partial charge >= 0.3 is 6.03 Å². The molecule has 1 aromatic heterocycles. The van der Waals surface area contributed by atoms with Crippen molar-refractivity contribution in [3.63, 3.8) is 0 Å². The van der Waals surface area contributed by atoms with Gasteiger partial charge in [0.2, 0.25) is 0 Å². The Kier molecular flexibility index (Phi) is 4.34. The van der Waals surface area contributed by atoms with Gasteiger partial charge < -0.3 is 10.6 Å². The van der Waals surface area contributed by atoms with Gasteiger partial charge in [0, 0.05) is 18.1 Å². The van der Waals surface area contributed by atoms with Crippen LogP contribution in [0.4, 0.5) is 10.5 Å². The second-order valence-corrected chi connectivity index (χ2v) is 2.75. The quantitative estimate of drug-likeness (QED) is 0.327. The zero-order valence-electron chi connectivity index (χ0n) is 8.45. The van der Waals surface area contributed by atoms with Gasteiger partial charge in [-0.15, -0.1) is 6.42 Å². The number of pyridine rings is 1. The summed E-state index contributed by atoms with van der Waals surface area (Å²) in [5.41, 5.74) is 0.595. The monoisotopic (exact) mass is 217 g/mol. The van der Waals surface area contributed by atoms with Gasteiger partial charge in [-0.2, -0.15) is 0 Å². The highest BCUT2D eigenvalue weighted by molar-refractivity contribution is 6.01. The lowest BCUT2D eigenvalue weighted by molar-refractivity contribution is 0.256. The summed E-state index contributed by atoms with van der Waals surface area (Å²) in [4.78, 5) is 15.1. The summed E-state index contributed by atoms with van der Waals surface area (Å²) in [6.45, 7) is 0.189. The summed E-state index contributed by atoms with van der Waals surface area (Å²) in [6.07, 6.45) is 8.09. The van der Waals surface area contributed by atoms with Crippen molar-refractivity contribution in [1.82, 2.24) is 15.6 Å².